The van der Waals surface area contributed by atoms with Crippen molar-refractivity contribution >= 4 is 11.4 Å². The standard InChI is InChI=1S/C13H17N3O2/c1-9-13(17,4-5-18-9)8-16-11-2-3-12(15)10(6-11)7-14/h2-3,6,9,16-17H,4-5,8,15H2,1H3. The molecule has 1 heterocycles. The van der Waals surface area contributed by atoms with Crippen molar-refractivity contribution in [2.24, 2.45) is 0 Å². The number of aliphatic hydroxyl groups is 1. The molecule has 1 aromatic rings. The van der Waals surface area contributed by atoms with Gasteiger partial charge in [0.25, 0.3) is 0 Å². The summed E-state index contributed by atoms with van der Waals surface area (Å²) in [6.45, 7) is 2.83. The molecule has 0 saturated carbocycles. The molecule has 1 saturated heterocycles. The van der Waals surface area contributed by atoms with Gasteiger partial charge in [0, 0.05) is 30.9 Å². The number of anilines is 2. The van der Waals surface area contributed by atoms with Crippen LogP contribution in [-0.2, 0) is 4.74 Å². The van der Waals surface area contributed by atoms with Gasteiger partial charge in [-0.3, -0.25) is 0 Å². The van der Waals surface area contributed by atoms with E-state index in [-0.39, 0.29) is 6.10 Å². The van der Waals surface area contributed by atoms with E-state index >= 15 is 0 Å². The lowest BCUT2D eigenvalue weighted by Crippen LogP contribution is -2.43. The maximum absolute atomic E-state index is 10.3. The molecule has 1 fully saturated rings. The molecule has 5 nitrogen and oxygen atoms in total. The molecule has 0 amide bonds. The fraction of sp³-hybridized carbons (Fsp3) is 0.462. The van der Waals surface area contributed by atoms with Crippen molar-refractivity contribution in [2.75, 3.05) is 24.2 Å². The summed E-state index contributed by atoms with van der Waals surface area (Å²) in [7, 11) is 0. The summed E-state index contributed by atoms with van der Waals surface area (Å²) in [6, 6.07) is 7.18. The van der Waals surface area contributed by atoms with E-state index in [1.807, 2.05) is 13.0 Å². The first kappa shape index (κ1) is 12.7. The van der Waals surface area contributed by atoms with E-state index in [0.717, 1.165) is 5.69 Å². The van der Waals surface area contributed by atoms with Crippen LogP contribution in [0.4, 0.5) is 11.4 Å². The Morgan fingerprint density at radius 1 is 1.67 bits per heavy atom. The minimum Gasteiger partial charge on any atom is -0.398 e. The van der Waals surface area contributed by atoms with Crippen molar-refractivity contribution in [3.63, 3.8) is 0 Å². The second-order valence-corrected chi connectivity index (χ2v) is 4.63. The van der Waals surface area contributed by atoms with Crippen molar-refractivity contribution < 1.29 is 9.84 Å². The highest BCUT2D eigenvalue weighted by Gasteiger charge is 2.39. The van der Waals surface area contributed by atoms with Crippen molar-refractivity contribution in [1.29, 1.82) is 5.26 Å². The van der Waals surface area contributed by atoms with Crippen molar-refractivity contribution in [2.45, 2.75) is 25.0 Å². The molecule has 2 unspecified atom stereocenters. The van der Waals surface area contributed by atoms with Gasteiger partial charge < -0.3 is 20.9 Å². The van der Waals surface area contributed by atoms with E-state index in [1.165, 1.54) is 0 Å². The number of ether oxygens (including phenoxy) is 1. The number of nitrogen functional groups attached to an aromatic ring is 1. The van der Waals surface area contributed by atoms with Crippen LogP contribution in [0, 0.1) is 11.3 Å². The molecule has 96 valence electrons. The predicted octanol–water partition coefficient (Wildman–Crippen LogP) is 1.09. The Morgan fingerprint density at radius 3 is 3.06 bits per heavy atom. The maximum Gasteiger partial charge on any atom is 0.110 e. The van der Waals surface area contributed by atoms with Gasteiger partial charge in [0.1, 0.15) is 11.7 Å². The fourth-order valence-corrected chi connectivity index (χ4v) is 2.02. The molecule has 1 aromatic carbocycles. The average molecular weight is 247 g/mol. The van der Waals surface area contributed by atoms with Gasteiger partial charge >= 0.3 is 0 Å². The number of rotatable bonds is 3. The lowest BCUT2D eigenvalue weighted by molar-refractivity contribution is -0.0175. The number of nitrogens with one attached hydrogen (secondary N) is 1. The molecule has 0 aliphatic carbocycles. The summed E-state index contributed by atoms with van der Waals surface area (Å²) >= 11 is 0. The lowest BCUT2D eigenvalue weighted by atomic mass is 9.96. The molecule has 0 bridgehead atoms. The topological polar surface area (TPSA) is 91.3 Å². The van der Waals surface area contributed by atoms with E-state index in [9.17, 15) is 5.11 Å². The fourth-order valence-electron chi connectivity index (χ4n) is 2.02. The molecule has 4 N–H and O–H groups in total. The van der Waals surface area contributed by atoms with E-state index in [0.29, 0.717) is 30.8 Å². The number of hydrogen-bond donors (Lipinski definition) is 3. The Kier molecular flexibility index (Phi) is 3.41. The third-order valence-corrected chi connectivity index (χ3v) is 3.43. The predicted molar refractivity (Wildman–Crippen MR) is 69.0 cm³/mol. The van der Waals surface area contributed by atoms with Crippen LogP contribution in [0.5, 0.6) is 0 Å². The molecule has 0 radical (unpaired) electrons. The largest absolute Gasteiger partial charge is 0.398 e. The van der Waals surface area contributed by atoms with Crippen LogP contribution in [0.2, 0.25) is 0 Å². The van der Waals surface area contributed by atoms with E-state index in [4.69, 9.17) is 15.7 Å². The Bertz CT molecular complexity index is 484. The molecule has 2 rings (SSSR count). The van der Waals surface area contributed by atoms with Crippen LogP contribution in [0.25, 0.3) is 0 Å². The van der Waals surface area contributed by atoms with Crippen LogP contribution < -0.4 is 11.1 Å². The molecule has 0 spiro atoms. The highest BCUT2D eigenvalue weighted by Crippen LogP contribution is 2.26. The smallest absolute Gasteiger partial charge is 0.110 e. The average Bonchev–Trinajstić information content (AvgIpc) is 2.69. The van der Waals surface area contributed by atoms with Gasteiger partial charge in [-0.2, -0.15) is 5.26 Å². The minimum atomic E-state index is -0.853. The zero-order valence-electron chi connectivity index (χ0n) is 10.3. The van der Waals surface area contributed by atoms with Gasteiger partial charge in [-0.05, 0) is 25.1 Å². The quantitative estimate of drug-likeness (QED) is 0.695. The van der Waals surface area contributed by atoms with Gasteiger partial charge in [-0.15, -0.1) is 0 Å². The van der Waals surface area contributed by atoms with Crippen molar-refractivity contribution in [3.8, 4) is 6.07 Å². The van der Waals surface area contributed by atoms with Crippen LogP contribution in [-0.4, -0.2) is 30.0 Å². The molecular formula is C13H17N3O2. The Labute approximate surface area is 106 Å². The number of nitrogens with zero attached hydrogens (tertiary/aromatic N) is 1. The second-order valence-electron chi connectivity index (χ2n) is 4.63. The summed E-state index contributed by atoms with van der Waals surface area (Å²) in [5.74, 6) is 0. The van der Waals surface area contributed by atoms with Gasteiger partial charge in [0.15, 0.2) is 0 Å². The van der Waals surface area contributed by atoms with Crippen LogP contribution in [0.1, 0.15) is 18.9 Å². The first-order valence-corrected chi connectivity index (χ1v) is 5.92. The summed E-state index contributed by atoms with van der Waals surface area (Å²) in [4.78, 5) is 0. The zero-order chi connectivity index (χ0) is 13.2. The third-order valence-electron chi connectivity index (χ3n) is 3.43. The van der Waals surface area contributed by atoms with Crippen LogP contribution in [0.3, 0.4) is 0 Å². The molecule has 0 aromatic heterocycles. The normalized spacial score (nSPS) is 26.8. The second kappa shape index (κ2) is 4.84. The van der Waals surface area contributed by atoms with Crippen LogP contribution in [0.15, 0.2) is 18.2 Å². The van der Waals surface area contributed by atoms with E-state index in [2.05, 4.69) is 5.32 Å². The van der Waals surface area contributed by atoms with Crippen LogP contribution >= 0.6 is 0 Å². The summed E-state index contributed by atoms with van der Waals surface area (Å²) < 4.78 is 5.36. The van der Waals surface area contributed by atoms with Crippen molar-refractivity contribution in [1.82, 2.24) is 0 Å². The molecule has 2 atom stereocenters. The minimum absolute atomic E-state index is 0.186. The summed E-state index contributed by atoms with van der Waals surface area (Å²) in [5, 5.41) is 22.3. The SMILES string of the molecule is CC1OCCC1(O)CNc1ccc(N)c(C#N)c1. The zero-order valence-corrected chi connectivity index (χ0v) is 10.3. The first-order chi connectivity index (χ1) is 8.55. The lowest BCUT2D eigenvalue weighted by Gasteiger charge is -2.26. The Morgan fingerprint density at radius 2 is 2.44 bits per heavy atom. The highest BCUT2D eigenvalue weighted by atomic mass is 16.5. The van der Waals surface area contributed by atoms with E-state index < -0.39 is 5.60 Å². The number of nitriles is 1. The molecule has 1 aliphatic heterocycles. The summed E-state index contributed by atoms with van der Waals surface area (Å²) in [6.07, 6.45) is 0.426. The number of hydrogen-bond acceptors (Lipinski definition) is 5. The highest BCUT2D eigenvalue weighted by molar-refractivity contribution is 5.61. The Hall–Kier alpha value is -1.77. The van der Waals surface area contributed by atoms with Gasteiger partial charge in [0.2, 0.25) is 0 Å². The van der Waals surface area contributed by atoms with Gasteiger partial charge in [-0.25, -0.2) is 0 Å². The number of benzene rings is 1. The number of nitrogens with two attached hydrogens (primary N) is 1. The molecule has 18 heavy (non-hydrogen) atoms. The summed E-state index contributed by atoms with van der Waals surface area (Å²) in [5.41, 5.74) is 6.46. The molecule has 1 aliphatic rings. The molecule has 5 heteroatoms. The van der Waals surface area contributed by atoms with E-state index in [1.54, 1.807) is 18.2 Å². The third kappa shape index (κ3) is 2.40. The monoisotopic (exact) mass is 247 g/mol. The van der Waals surface area contributed by atoms with Gasteiger partial charge in [-0.1, -0.05) is 0 Å². The van der Waals surface area contributed by atoms with Crippen molar-refractivity contribution in [3.05, 3.63) is 23.8 Å². The maximum atomic E-state index is 10.3. The molecular weight excluding hydrogens is 230 g/mol. The first-order valence-electron chi connectivity index (χ1n) is 5.92. The Balaban J connectivity index is 2.05. The van der Waals surface area contributed by atoms with Gasteiger partial charge in [0.05, 0.1) is 11.7 Å².